The lowest BCUT2D eigenvalue weighted by Crippen LogP contribution is -2.21. The fraction of sp³-hybridized carbons (Fsp3) is 0.250. The van der Waals surface area contributed by atoms with E-state index < -0.39 is 24.5 Å². The maximum absolute atomic E-state index is 11.8. The number of methoxy groups -OCH3 is 1. The van der Waals surface area contributed by atoms with Crippen LogP contribution in [0, 0.1) is 0 Å². The normalized spacial score (nSPS) is 10.2. The first kappa shape index (κ1) is 22.5. The van der Waals surface area contributed by atoms with Gasteiger partial charge in [-0.25, -0.2) is 4.79 Å². The Morgan fingerprint density at radius 2 is 1.76 bits per heavy atom. The van der Waals surface area contributed by atoms with Crippen LogP contribution in [0.15, 0.2) is 42.5 Å². The summed E-state index contributed by atoms with van der Waals surface area (Å²) in [6, 6.07) is 11.0. The van der Waals surface area contributed by atoms with Gasteiger partial charge in [-0.3, -0.25) is 9.59 Å². The Labute approximate surface area is 177 Å². The van der Waals surface area contributed by atoms with E-state index >= 15 is 0 Å². The number of carbonyl (C=O) groups is 3. The predicted molar refractivity (Wildman–Crippen MR) is 109 cm³/mol. The van der Waals surface area contributed by atoms with Gasteiger partial charge >= 0.3 is 11.9 Å². The molecule has 0 aromatic heterocycles. The first-order valence-corrected chi connectivity index (χ1v) is 9.36. The molecule has 29 heavy (non-hydrogen) atoms. The van der Waals surface area contributed by atoms with Gasteiger partial charge in [0.15, 0.2) is 6.61 Å². The van der Waals surface area contributed by atoms with Crippen LogP contribution in [0.3, 0.4) is 0 Å². The summed E-state index contributed by atoms with van der Waals surface area (Å²) in [6.07, 6.45) is 0.487. The molecular weight excluding hydrogens is 421 g/mol. The van der Waals surface area contributed by atoms with Gasteiger partial charge in [0.25, 0.3) is 5.91 Å². The Morgan fingerprint density at radius 1 is 1.03 bits per heavy atom. The zero-order valence-electron chi connectivity index (χ0n) is 15.6. The largest absolute Gasteiger partial charge is 0.492 e. The standard InChI is InChI=1S/C20H19Cl2NO6/c1-27-20(26)13-4-7-15(8-5-13)23-18(24)12-29-19(25)3-2-10-28-17-9-6-14(21)11-16(17)22/h4-9,11H,2-3,10,12H2,1H3,(H,23,24). The Balaban J connectivity index is 1.65. The predicted octanol–water partition coefficient (Wildman–Crippen LogP) is 4.12. The molecule has 1 N–H and O–H groups in total. The molecular formula is C20H19Cl2NO6. The second-order valence-electron chi connectivity index (χ2n) is 5.80. The van der Waals surface area contributed by atoms with Crippen molar-refractivity contribution in [1.29, 1.82) is 0 Å². The second kappa shape index (κ2) is 11.3. The van der Waals surface area contributed by atoms with E-state index in [4.69, 9.17) is 32.7 Å². The van der Waals surface area contributed by atoms with Crippen LogP contribution in [0.1, 0.15) is 23.2 Å². The summed E-state index contributed by atoms with van der Waals surface area (Å²) in [6.45, 7) is -0.156. The molecule has 1 amide bonds. The molecule has 0 aliphatic carbocycles. The lowest BCUT2D eigenvalue weighted by Gasteiger charge is -2.09. The van der Waals surface area contributed by atoms with Crippen LogP contribution in [0.2, 0.25) is 10.0 Å². The monoisotopic (exact) mass is 439 g/mol. The van der Waals surface area contributed by atoms with Crippen LogP contribution in [0.4, 0.5) is 5.69 Å². The van der Waals surface area contributed by atoms with Crippen molar-refractivity contribution in [3.63, 3.8) is 0 Å². The third kappa shape index (κ3) is 7.63. The van der Waals surface area contributed by atoms with Crippen LogP contribution in [-0.4, -0.2) is 38.2 Å². The van der Waals surface area contributed by atoms with E-state index in [1.165, 1.54) is 19.2 Å². The lowest BCUT2D eigenvalue weighted by molar-refractivity contribution is -0.147. The summed E-state index contributed by atoms with van der Waals surface area (Å²) in [5.41, 5.74) is 0.825. The molecule has 0 aliphatic rings. The van der Waals surface area contributed by atoms with E-state index in [9.17, 15) is 14.4 Å². The molecule has 0 saturated heterocycles. The van der Waals surface area contributed by atoms with Crippen molar-refractivity contribution in [2.75, 3.05) is 25.6 Å². The minimum atomic E-state index is -0.521. The first-order valence-electron chi connectivity index (χ1n) is 8.60. The highest BCUT2D eigenvalue weighted by atomic mass is 35.5. The Kier molecular flexibility index (Phi) is 8.76. The number of nitrogens with one attached hydrogen (secondary N) is 1. The molecule has 7 nitrogen and oxygen atoms in total. The number of esters is 2. The number of benzene rings is 2. The van der Waals surface area contributed by atoms with Gasteiger partial charge in [0.1, 0.15) is 5.75 Å². The number of rotatable bonds is 9. The first-order chi connectivity index (χ1) is 13.9. The van der Waals surface area contributed by atoms with Gasteiger partial charge < -0.3 is 19.5 Å². The van der Waals surface area contributed by atoms with Crippen LogP contribution >= 0.6 is 23.2 Å². The maximum atomic E-state index is 11.8. The average Bonchev–Trinajstić information content (AvgIpc) is 2.71. The van der Waals surface area contributed by atoms with E-state index in [-0.39, 0.29) is 13.0 Å². The molecule has 2 aromatic rings. The van der Waals surface area contributed by atoms with Crippen molar-refractivity contribution >= 4 is 46.7 Å². The molecule has 0 aliphatic heterocycles. The molecule has 0 fully saturated rings. The quantitative estimate of drug-likeness (QED) is 0.466. The van der Waals surface area contributed by atoms with Gasteiger partial charge in [-0.05, 0) is 48.9 Å². The molecule has 0 unspecified atom stereocenters. The number of anilines is 1. The topological polar surface area (TPSA) is 90.9 Å². The number of hydrogen-bond donors (Lipinski definition) is 1. The molecule has 0 atom stereocenters. The summed E-state index contributed by atoms with van der Waals surface area (Å²) in [5, 5.41) is 3.45. The van der Waals surface area contributed by atoms with Crippen LogP contribution in [0.5, 0.6) is 5.75 Å². The van der Waals surface area contributed by atoms with Gasteiger partial charge in [0.2, 0.25) is 0 Å². The van der Waals surface area contributed by atoms with E-state index in [0.717, 1.165) is 0 Å². The summed E-state index contributed by atoms with van der Waals surface area (Å²) in [5.74, 6) is -1.01. The molecule has 0 bridgehead atoms. The fourth-order valence-corrected chi connectivity index (χ4v) is 2.68. The van der Waals surface area contributed by atoms with Crippen molar-refractivity contribution in [2.45, 2.75) is 12.8 Å². The van der Waals surface area contributed by atoms with Crippen molar-refractivity contribution in [1.82, 2.24) is 0 Å². The van der Waals surface area contributed by atoms with Crippen LogP contribution in [-0.2, 0) is 19.1 Å². The molecule has 154 valence electrons. The van der Waals surface area contributed by atoms with Crippen LogP contribution in [0.25, 0.3) is 0 Å². The van der Waals surface area contributed by atoms with Crippen molar-refractivity contribution in [3.8, 4) is 5.75 Å². The van der Waals surface area contributed by atoms with Crippen molar-refractivity contribution < 1.29 is 28.6 Å². The van der Waals surface area contributed by atoms with Crippen molar-refractivity contribution in [3.05, 3.63) is 58.1 Å². The minimum Gasteiger partial charge on any atom is -0.492 e. The third-order valence-corrected chi connectivity index (χ3v) is 4.16. The zero-order valence-corrected chi connectivity index (χ0v) is 17.1. The van der Waals surface area contributed by atoms with E-state index in [1.54, 1.807) is 30.3 Å². The number of carbonyl (C=O) groups excluding carboxylic acids is 3. The molecule has 9 heteroatoms. The smallest absolute Gasteiger partial charge is 0.337 e. The maximum Gasteiger partial charge on any atom is 0.337 e. The molecule has 0 saturated carbocycles. The zero-order chi connectivity index (χ0) is 21.2. The van der Waals surface area contributed by atoms with E-state index in [2.05, 4.69) is 10.1 Å². The Hall–Kier alpha value is -2.77. The summed E-state index contributed by atoms with van der Waals surface area (Å²) in [4.78, 5) is 34.9. The van der Waals surface area contributed by atoms with Crippen molar-refractivity contribution in [2.24, 2.45) is 0 Å². The number of halogens is 2. The highest BCUT2D eigenvalue weighted by Gasteiger charge is 2.10. The third-order valence-electron chi connectivity index (χ3n) is 3.63. The molecule has 2 aromatic carbocycles. The van der Waals surface area contributed by atoms with Gasteiger partial charge in [-0.1, -0.05) is 23.2 Å². The van der Waals surface area contributed by atoms with Crippen LogP contribution < -0.4 is 10.1 Å². The van der Waals surface area contributed by atoms with Gasteiger partial charge in [-0.2, -0.15) is 0 Å². The van der Waals surface area contributed by atoms with E-state index in [0.29, 0.717) is 33.5 Å². The minimum absolute atomic E-state index is 0.0896. The van der Waals surface area contributed by atoms with Gasteiger partial charge in [0.05, 0.1) is 24.3 Å². The summed E-state index contributed by atoms with van der Waals surface area (Å²) in [7, 11) is 1.28. The molecule has 0 radical (unpaired) electrons. The molecule has 0 heterocycles. The number of hydrogen-bond acceptors (Lipinski definition) is 6. The molecule has 0 spiro atoms. The van der Waals surface area contributed by atoms with E-state index in [1.807, 2.05) is 0 Å². The Morgan fingerprint density at radius 3 is 2.41 bits per heavy atom. The SMILES string of the molecule is COC(=O)c1ccc(NC(=O)COC(=O)CCCOc2ccc(Cl)cc2Cl)cc1. The van der Waals surface area contributed by atoms with Gasteiger partial charge in [-0.15, -0.1) is 0 Å². The average molecular weight is 440 g/mol. The summed E-state index contributed by atoms with van der Waals surface area (Å²) >= 11 is 11.8. The second-order valence-corrected chi connectivity index (χ2v) is 6.65. The highest BCUT2D eigenvalue weighted by Crippen LogP contribution is 2.27. The number of ether oxygens (including phenoxy) is 3. The Bertz CT molecular complexity index is 870. The lowest BCUT2D eigenvalue weighted by atomic mass is 10.2. The summed E-state index contributed by atoms with van der Waals surface area (Å²) < 4.78 is 15.0. The highest BCUT2D eigenvalue weighted by molar-refractivity contribution is 6.35. The molecule has 2 rings (SSSR count). The van der Waals surface area contributed by atoms with Gasteiger partial charge in [0, 0.05) is 17.1 Å². The number of amides is 1. The fourth-order valence-electron chi connectivity index (χ4n) is 2.21.